The Morgan fingerprint density at radius 1 is 1.10 bits per heavy atom. The molecule has 0 aliphatic heterocycles. The van der Waals surface area contributed by atoms with Crippen molar-refractivity contribution < 1.29 is 4.79 Å². The molecule has 4 rings (SSSR count). The number of nitrogens with one attached hydrogen (secondary N) is 2. The molecule has 0 aliphatic rings. The molecule has 7 nitrogen and oxygen atoms in total. The first-order valence-electron chi connectivity index (χ1n) is 8.91. The lowest BCUT2D eigenvalue weighted by molar-refractivity contribution is -0.111. The van der Waals surface area contributed by atoms with Crippen molar-refractivity contribution in [3.05, 3.63) is 83.1 Å². The summed E-state index contributed by atoms with van der Waals surface area (Å²) >= 11 is 1.58. The Morgan fingerprint density at radius 2 is 1.93 bits per heavy atom. The standard InChI is InChI=1S/C21H18N6OS/c1-15-23-19(14-20(24-15)27-12-3-11-22-27)25-16-5-7-17(8-6-16)26-21(28)10-9-18-4-2-13-29-18/h2-14H,1H3,(H,26,28)(H,23,24,25)/b10-9+. The number of amides is 1. The van der Waals surface area contributed by atoms with Crippen LogP contribution in [0.25, 0.3) is 11.9 Å². The van der Waals surface area contributed by atoms with Gasteiger partial charge in [-0.1, -0.05) is 6.07 Å². The summed E-state index contributed by atoms with van der Waals surface area (Å²) in [5, 5.41) is 12.3. The second-order valence-corrected chi connectivity index (χ2v) is 7.13. The van der Waals surface area contributed by atoms with E-state index in [0.717, 1.165) is 10.6 Å². The molecule has 0 saturated heterocycles. The number of rotatable bonds is 6. The third kappa shape index (κ3) is 4.94. The zero-order chi connectivity index (χ0) is 20.1. The first-order chi connectivity index (χ1) is 14.2. The smallest absolute Gasteiger partial charge is 0.248 e. The van der Waals surface area contributed by atoms with Crippen LogP contribution in [0, 0.1) is 6.92 Å². The zero-order valence-corrected chi connectivity index (χ0v) is 16.4. The lowest BCUT2D eigenvalue weighted by atomic mass is 10.2. The van der Waals surface area contributed by atoms with Crippen LogP contribution in [-0.4, -0.2) is 25.7 Å². The minimum absolute atomic E-state index is 0.172. The average Bonchev–Trinajstić information content (AvgIpc) is 3.42. The van der Waals surface area contributed by atoms with Crippen molar-refractivity contribution in [1.29, 1.82) is 0 Å². The maximum Gasteiger partial charge on any atom is 0.248 e. The molecule has 144 valence electrons. The fraction of sp³-hybridized carbons (Fsp3) is 0.0476. The molecule has 29 heavy (non-hydrogen) atoms. The summed E-state index contributed by atoms with van der Waals surface area (Å²) in [5.74, 6) is 1.82. The predicted octanol–water partition coefficient (Wildman–Crippen LogP) is 4.43. The largest absolute Gasteiger partial charge is 0.340 e. The van der Waals surface area contributed by atoms with E-state index < -0.39 is 0 Å². The Morgan fingerprint density at radius 3 is 2.66 bits per heavy atom. The van der Waals surface area contributed by atoms with E-state index in [9.17, 15) is 4.79 Å². The van der Waals surface area contributed by atoms with Gasteiger partial charge in [-0.05, 0) is 54.8 Å². The van der Waals surface area contributed by atoms with Crippen molar-refractivity contribution in [2.75, 3.05) is 10.6 Å². The number of carbonyl (C=O) groups is 1. The SMILES string of the molecule is Cc1nc(Nc2ccc(NC(=O)/C=C/c3cccs3)cc2)cc(-n2cccn2)n1. The van der Waals surface area contributed by atoms with Gasteiger partial charge in [0.1, 0.15) is 11.6 Å². The van der Waals surface area contributed by atoms with E-state index in [-0.39, 0.29) is 5.91 Å². The second kappa shape index (κ2) is 8.49. The van der Waals surface area contributed by atoms with Crippen LogP contribution in [0.4, 0.5) is 17.2 Å². The van der Waals surface area contributed by atoms with Gasteiger partial charge in [-0.3, -0.25) is 4.79 Å². The third-order valence-corrected chi connectivity index (χ3v) is 4.77. The molecule has 0 aliphatic carbocycles. The first kappa shape index (κ1) is 18.6. The molecule has 3 aromatic heterocycles. The minimum atomic E-state index is -0.172. The maximum absolute atomic E-state index is 12.0. The number of hydrogen-bond acceptors (Lipinski definition) is 6. The van der Waals surface area contributed by atoms with Crippen molar-refractivity contribution in [3.63, 3.8) is 0 Å². The summed E-state index contributed by atoms with van der Waals surface area (Å²) in [6.07, 6.45) is 6.85. The average molecular weight is 402 g/mol. The summed E-state index contributed by atoms with van der Waals surface area (Å²) in [4.78, 5) is 21.9. The molecule has 0 unspecified atom stereocenters. The lowest BCUT2D eigenvalue weighted by Crippen LogP contribution is -2.07. The zero-order valence-electron chi connectivity index (χ0n) is 15.6. The monoisotopic (exact) mass is 402 g/mol. The highest BCUT2D eigenvalue weighted by atomic mass is 32.1. The summed E-state index contributed by atoms with van der Waals surface area (Å²) < 4.78 is 1.68. The quantitative estimate of drug-likeness (QED) is 0.466. The molecular weight excluding hydrogens is 384 g/mol. The van der Waals surface area contributed by atoms with Gasteiger partial charge in [-0.2, -0.15) is 5.10 Å². The molecule has 0 radical (unpaired) electrons. The fourth-order valence-electron chi connectivity index (χ4n) is 2.65. The molecule has 8 heteroatoms. The van der Waals surface area contributed by atoms with E-state index in [2.05, 4.69) is 25.7 Å². The Hall–Kier alpha value is -3.78. The van der Waals surface area contributed by atoms with Crippen LogP contribution in [0.15, 0.2) is 72.4 Å². The molecule has 1 amide bonds. The van der Waals surface area contributed by atoms with Crippen molar-refractivity contribution in [2.24, 2.45) is 0 Å². The van der Waals surface area contributed by atoms with E-state index in [1.165, 1.54) is 6.08 Å². The lowest BCUT2D eigenvalue weighted by Gasteiger charge is -2.09. The topological polar surface area (TPSA) is 84.7 Å². The Bertz CT molecular complexity index is 1120. The fourth-order valence-corrected chi connectivity index (χ4v) is 3.27. The number of thiophene rings is 1. The van der Waals surface area contributed by atoms with E-state index in [1.807, 2.05) is 67.0 Å². The van der Waals surface area contributed by atoms with Crippen LogP contribution in [0.2, 0.25) is 0 Å². The van der Waals surface area contributed by atoms with Gasteiger partial charge in [0.05, 0.1) is 0 Å². The van der Waals surface area contributed by atoms with Crippen LogP contribution in [-0.2, 0) is 4.79 Å². The molecule has 0 spiro atoms. The molecule has 1 aromatic carbocycles. The Labute approximate surface area is 171 Å². The molecule has 0 bridgehead atoms. The summed E-state index contributed by atoms with van der Waals surface area (Å²) in [6, 6.07) is 15.0. The first-order valence-corrected chi connectivity index (χ1v) is 9.79. The van der Waals surface area contributed by atoms with Gasteiger partial charge in [0, 0.05) is 40.8 Å². The number of hydrogen-bond donors (Lipinski definition) is 2. The highest BCUT2D eigenvalue weighted by molar-refractivity contribution is 7.10. The van der Waals surface area contributed by atoms with Gasteiger partial charge in [0.25, 0.3) is 0 Å². The number of carbonyl (C=O) groups excluding carboxylic acids is 1. The van der Waals surface area contributed by atoms with Crippen LogP contribution < -0.4 is 10.6 Å². The van der Waals surface area contributed by atoms with Crippen LogP contribution in [0.1, 0.15) is 10.7 Å². The van der Waals surface area contributed by atoms with E-state index in [4.69, 9.17) is 0 Å². The van der Waals surface area contributed by atoms with Crippen molar-refractivity contribution in [2.45, 2.75) is 6.92 Å². The van der Waals surface area contributed by atoms with Crippen molar-refractivity contribution >= 4 is 40.5 Å². The molecule has 2 N–H and O–H groups in total. The normalized spacial score (nSPS) is 10.9. The van der Waals surface area contributed by atoms with Gasteiger partial charge < -0.3 is 10.6 Å². The summed E-state index contributed by atoms with van der Waals surface area (Å²) in [5.41, 5.74) is 1.56. The molecule has 4 aromatic rings. The minimum Gasteiger partial charge on any atom is -0.340 e. The molecule has 0 saturated carbocycles. The van der Waals surface area contributed by atoms with Crippen LogP contribution in [0.3, 0.4) is 0 Å². The highest BCUT2D eigenvalue weighted by Crippen LogP contribution is 2.19. The maximum atomic E-state index is 12.0. The number of anilines is 3. The summed E-state index contributed by atoms with van der Waals surface area (Å²) in [7, 11) is 0. The van der Waals surface area contributed by atoms with Crippen LogP contribution in [0.5, 0.6) is 0 Å². The van der Waals surface area contributed by atoms with Gasteiger partial charge >= 0.3 is 0 Å². The highest BCUT2D eigenvalue weighted by Gasteiger charge is 2.05. The molecule has 0 fully saturated rings. The molecular formula is C21H18N6OS. The van der Waals surface area contributed by atoms with E-state index in [0.29, 0.717) is 23.1 Å². The number of nitrogens with zero attached hydrogens (tertiary/aromatic N) is 4. The third-order valence-electron chi connectivity index (χ3n) is 3.93. The number of benzene rings is 1. The molecule has 0 atom stereocenters. The van der Waals surface area contributed by atoms with Gasteiger partial charge in [-0.15, -0.1) is 11.3 Å². The summed E-state index contributed by atoms with van der Waals surface area (Å²) in [6.45, 7) is 1.83. The Kier molecular flexibility index (Phi) is 5.44. The second-order valence-electron chi connectivity index (χ2n) is 6.15. The van der Waals surface area contributed by atoms with Gasteiger partial charge in [-0.25, -0.2) is 14.6 Å². The number of aryl methyl sites for hydroxylation is 1. The number of aromatic nitrogens is 4. The van der Waals surface area contributed by atoms with Crippen LogP contribution >= 0.6 is 11.3 Å². The van der Waals surface area contributed by atoms with E-state index >= 15 is 0 Å². The van der Waals surface area contributed by atoms with Gasteiger partial charge in [0.2, 0.25) is 5.91 Å². The predicted molar refractivity (Wildman–Crippen MR) is 116 cm³/mol. The van der Waals surface area contributed by atoms with Crippen molar-refractivity contribution in [1.82, 2.24) is 19.7 Å². The van der Waals surface area contributed by atoms with Gasteiger partial charge in [0.15, 0.2) is 5.82 Å². The van der Waals surface area contributed by atoms with Crippen molar-refractivity contribution in [3.8, 4) is 5.82 Å². The Balaban J connectivity index is 1.41. The van der Waals surface area contributed by atoms with E-state index in [1.54, 1.807) is 28.3 Å². The molecule has 3 heterocycles.